The Bertz CT molecular complexity index is 832. The molecule has 0 spiro atoms. The molecule has 1 aromatic heterocycles. The number of ether oxygens (including phenoxy) is 1. The van der Waals surface area contributed by atoms with Crippen molar-refractivity contribution in [3.63, 3.8) is 0 Å². The van der Waals surface area contributed by atoms with Gasteiger partial charge in [0.25, 0.3) is 0 Å². The van der Waals surface area contributed by atoms with E-state index in [4.69, 9.17) is 4.74 Å². The van der Waals surface area contributed by atoms with E-state index in [9.17, 15) is 18.3 Å². The van der Waals surface area contributed by atoms with Crippen molar-refractivity contribution in [3.8, 4) is 5.75 Å². The highest BCUT2D eigenvalue weighted by molar-refractivity contribution is 7.22. The van der Waals surface area contributed by atoms with E-state index in [-0.39, 0.29) is 12.4 Å². The second-order valence-corrected chi connectivity index (χ2v) is 6.84. The molecule has 1 N–H and O–H groups in total. The number of halogens is 3. The minimum Gasteiger partial charge on any atom is -0.491 e. The lowest BCUT2D eigenvalue weighted by Gasteiger charge is -2.20. The number of nitrogens with zero attached hydrogens (tertiary/aromatic N) is 2. The Morgan fingerprint density at radius 2 is 1.85 bits per heavy atom. The monoisotopic (exact) mass is 382 g/mol. The Hall–Kier alpha value is -2.32. The molecule has 138 valence electrons. The van der Waals surface area contributed by atoms with Crippen LogP contribution in [0.4, 0.5) is 18.3 Å². The largest absolute Gasteiger partial charge is 0.491 e. The Kier molecular flexibility index (Phi) is 5.33. The summed E-state index contributed by atoms with van der Waals surface area (Å²) in [5.74, 6) is 0.277. The van der Waals surface area contributed by atoms with Crippen molar-refractivity contribution in [2.24, 2.45) is 0 Å². The first-order valence-electron chi connectivity index (χ1n) is 7.88. The third-order valence-electron chi connectivity index (χ3n) is 3.72. The number of thiazole rings is 1. The highest BCUT2D eigenvalue weighted by atomic mass is 32.1. The highest BCUT2D eigenvalue weighted by Crippen LogP contribution is 2.30. The third-order valence-corrected chi connectivity index (χ3v) is 4.87. The van der Waals surface area contributed by atoms with Gasteiger partial charge in [0.15, 0.2) is 5.13 Å². The number of aliphatic hydroxyl groups excluding tert-OH is 1. The average molecular weight is 382 g/mol. The molecule has 1 heterocycles. The zero-order valence-corrected chi connectivity index (χ0v) is 14.7. The van der Waals surface area contributed by atoms with Crippen LogP contribution in [0.15, 0.2) is 48.5 Å². The maximum atomic E-state index is 12.5. The first-order chi connectivity index (χ1) is 12.3. The van der Waals surface area contributed by atoms with Crippen molar-refractivity contribution >= 4 is 26.7 Å². The molecule has 3 aromatic rings. The molecule has 0 saturated heterocycles. The molecule has 0 bridgehead atoms. The predicted molar refractivity (Wildman–Crippen MR) is 95.8 cm³/mol. The molecule has 0 radical (unpaired) electrons. The number of para-hydroxylation sites is 1. The molecule has 1 unspecified atom stereocenters. The van der Waals surface area contributed by atoms with E-state index in [1.807, 2.05) is 36.2 Å². The normalized spacial score (nSPS) is 13.0. The fourth-order valence-corrected chi connectivity index (χ4v) is 3.34. The zero-order chi connectivity index (χ0) is 18.7. The van der Waals surface area contributed by atoms with Gasteiger partial charge in [0, 0.05) is 13.6 Å². The second-order valence-electron chi connectivity index (χ2n) is 5.83. The fraction of sp³-hybridized carbons (Fsp3) is 0.278. The Labute approximate surface area is 152 Å². The number of alkyl halides is 3. The van der Waals surface area contributed by atoms with Crippen LogP contribution < -0.4 is 9.64 Å². The molecule has 0 aliphatic rings. The van der Waals surface area contributed by atoms with Gasteiger partial charge in [0.05, 0.1) is 15.8 Å². The van der Waals surface area contributed by atoms with E-state index in [1.165, 1.54) is 23.5 Å². The predicted octanol–water partition coefficient (Wildman–Crippen LogP) is 4.19. The smallest absolute Gasteiger partial charge is 0.416 e. The van der Waals surface area contributed by atoms with Crippen LogP contribution in [0.25, 0.3) is 10.2 Å². The molecule has 8 heteroatoms. The van der Waals surface area contributed by atoms with Gasteiger partial charge in [-0.05, 0) is 36.4 Å². The Balaban J connectivity index is 1.54. The maximum absolute atomic E-state index is 12.5. The van der Waals surface area contributed by atoms with Gasteiger partial charge < -0.3 is 14.7 Å². The number of fused-ring (bicyclic) bond motifs is 1. The number of aromatic nitrogens is 1. The molecule has 1 atom stereocenters. The topological polar surface area (TPSA) is 45.6 Å². The van der Waals surface area contributed by atoms with Crippen LogP contribution in [-0.2, 0) is 6.18 Å². The first-order valence-corrected chi connectivity index (χ1v) is 8.69. The van der Waals surface area contributed by atoms with Crippen molar-refractivity contribution in [3.05, 3.63) is 54.1 Å². The lowest BCUT2D eigenvalue weighted by molar-refractivity contribution is -0.137. The number of likely N-dealkylation sites (N-methyl/N-ethyl adjacent to an activating group) is 1. The maximum Gasteiger partial charge on any atom is 0.416 e. The lowest BCUT2D eigenvalue weighted by atomic mass is 10.2. The van der Waals surface area contributed by atoms with E-state index in [0.29, 0.717) is 6.54 Å². The van der Waals surface area contributed by atoms with Crippen LogP contribution in [0.2, 0.25) is 0 Å². The summed E-state index contributed by atoms with van der Waals surface area (Å²) in [5, 5.41) is 10.9. The minimum absolute atomic E-state index is 0.0272. The SMILES string of the molecule is CN(CC(O)COc1ccc(C(F)(F)F)cc1)c1nc2ccccc2s1. The number of benzene rings is 2. The fourth-order valence-electron chi connectivity index (χ4n) is 2.40. The van der Waals surface area contributed by atoms with Crippen LogP contribution in [-0.4, -0.2) is 36.4 Å². The van der Waals surface area contributed by atoms with E-state index < -0.39 is 17.8 Å². The Morgan fingerprint density at radius 1 is 1.15 bits per heavy atom. The quantitative estimate of drug-likeness (QED) is 0.694. The number of anilines is 1. The molecule has 0 aliphatic heterocycles. The third kappa shape index (κ3) is 4.44. The van der Waals surface area contributed by atoms with Gasteiger partial charge in [-0.15, -0.1) is 0 Å². The number of hydrogen-bond acceptors (Lipinski definition) is 5. The molecule has 0 saturated carbocycles. The molecular weight excluding hydrogens is 365 g/mol. The molecular formula is C18H17F3N2O2S. The van der Waals surface area contributed by atoms with Crippen LogP contribution in [0.1, 0.15) is 5.56 Å². The molecule has 2 aromatic carbocycles. The summed E-state index contributed by atoms with van der Waals surface area (Å²) < 4.78 is 44.0. The van der Waals surface area contributed by atoms with Crippen molar-refractivity contribution in [2.75, 3.05) is 25.1 Å². The van der Waals surface area contributed by atoms with Gasteiger partial charge in [-0.2, -0.15) is 13.2 Å². The molecule has 26 heavy (non-hydrogen) atoms. The zero-order valence-electron chi connectivity index (χ0n) is 13.9. The summed E-state index contributed by atoms with van der Waals surface area (Å²) >= 11 is 1.52. The van der Waals surface area contributed by atoms with Gasteiger partial charge >= 0.3 is 6.18 Å². The molecule has 0 amide bonds. The number of aliphatic hydroxyl groups is 1. The number of rotatable bonds is 6. The van der Waals surface area contributed by atoms with Crippen molar-refractivity contribution < 1.29 is 23.0 Å². The summed E-state index contributed by atoms with van der Waals surface area (Å²) in [4.78, 5) is 6.33. The number of hydrogen-bond donors (Lipinski definition) is 1. The summed E-state index contributed by atoms with van der Waals surface area (Å²) in [6.45, 7) is 0.265. The first kappa shape index (κ1) is 18.5. The summed E-state index contributed by atoms with van der Waals surface area (Å²) in [7, 11) is 1.82. The summed E-state index contributed by atoms with van der Waals surface area (Å²) in [5.41, 5.74) is 0.163. The summed E-state index contributed by atoms with van der Waals surface area (Å²) in [6, 6.07) is 12.2. The minimum atomic E-state index is -4.38. The summed E-state index contributed by atoms with van der Waals surface area (Å²) in [6.07, 6.45) is -5.19. The van der Waals surface area contributed by atoms with Gasteiger partial charge in [0.2, 0.25) is 0 Å². The standard InChI is InChI=1S/C18H17F3N2O2S/c1-23(17-22-15-4-2-3-5-16(15)26-17)10-13(24)11-25-14-8-6-12(7-9-14)18(19,20)21/h2-9,13,24H,10-11H2,1H3. The molecule has 3 rings (SSSR count). The molecule has 0 fully saturated rings. The van der Waals surface area contributed by atoms with Crippen LogP contribution in [0.3, 0.4) is 0 Å². The highest BCUT2D eigenvalue weighted by Gasteiger charge is 2.30. The van der Waals surface area contributed by atoms with Crippen LogP contribution in [0, 0.1) is 0 Å². The average Bonchev–Trinajstić information content (AvgIpc) is 3.04. The van der Waals surface area contributed by atoms with Crippen molar-refractivity contribution in [2.45, 2.75) is 12.3 Å². The van der Waals surface area contributed by atoms with Crippen LogP contribution in [0.5, 0.6) is 5.75 Å². The van der Waals surface area contributed by atoms with E-state index >= 15 is 0 Å². The van der Waals surface area contributed by atoms with Crippen molar-refractivity contribution in [1.82, 2.24) is 4.98 Å². The molecule has 4 nitrogen and oxygen atoms in total. The van der Waals surface area contributed by atoms with Gasteiger partial charge in [0.1, 0.15) is 18.5 Å². The van der Waals surface area contributed by atoms with Gasteiger partial charge in [-0.3, -0.25) is 0 Å². The van der Waals surface area contributed by atoms with Crippen LogP contribution >= 0.6 is 11.3 Å². The molecule has 0 aliphatic carbocycles. The second kappa shape index (κ2) is 7.51. The lowest BCUT2D eigenvalue weighted by Crippen LogP contribution is -2.33. The van der Waals surface area contributed by atoms with Crippen molar-refractivity contribution in [1.29, 1.82) is 0 Å². The van der Waals surface area contributed by atoms with Gasteiger partial charge in [-0.1, -0.05) is 23.5 Å². The van der Waals surface area contributed by atoms with E-state index in [2.05, 4.69) is 4.98 Å². The van der Waals surface area contributed by atoms with E-state index in [0.717, 1.165) is 27.5 Å². The van der Waals surface area contributed by atoms with E-state index in [1.54, 1.807) is 0 Å². The van der Waals surface area contributed by atoms with Gasteiger partial charge in [-0.25, -0.2) is 4.98 Å². The Morgan fingerprint density at radius 3 is 2.50 bits per heavy atom.